The molecule has 1 N–H and O–H groups in total. The molecule has 0 fully saturated rings. The van der Waals surface area contributed by atoms with Gasteiger partial charge in [-0.25, -0.2) is 0 Å². The van der Waals surface area contributed by atoms with Crippen LogP contribution in [-0.4, -0.2) is 18.9 Å². The molecule has 0 unspecified atom stereocenters. The van der Waals surface area contributed by atoms with E-state index in [9.17, 15) is 0 Å². The lowest BCUT2D eigenvalue weighted by atomic mass is 10.1. The summed E-state index contributed by atoms with van der Waals surface area (Å²) < 4.78 is 5.37. The zero-order valence-electron chi connectivity index (χ0n) is 11.8. The molecule has 0 amide bonds. The first kappa shape index (κ1) is 15.8. The van der Waals surface area contributed by atoms with Crippen LogP contribution in [0.3, 0.4) is 0 Å². The molecule has 0 bridgehead atoms. The minimum Gasteiger partial charge on any atom is -0.492 e. The third-order valence-corrected chi connectivity index (χ3v) is 2.06. The Morgan fingerprint density at radius 3 is 2.53 bits per heavy atom. The largest absolute Gasteiger partial charge is 0.492 e. The summed E-state index contributed by atoms with van der Waals surface area (Å²) in [6, 6.07) is 0. The quantitative estimate of drug-likeness (QED) is 0.304. The van der Waals surface area contributed by atoms with Crippen LogP contribution in [0, 0.1) is 5.92 Å². The summed E-state index contributed by atoms with van der Waals surface area (Å²) in [6.07, 6.45) is 3.08. The molecule has 0 aromatic carbocycles. The fourth-order valence-corrected chi connectivity index (χ4v) is 1.19. The highest BCUT2D eigenvalue weighted by molar-refractivity contribution is 6.06. The number of hydrazone groups is 1. The van der Waals surface area contributed by atoms with Gasteiger partial charge in [0.2, 0.25) is 0 Å². The number of hydrogen-bond acceptors (Lipinski definition) is 3. The number of hydrogen-bond donors (Lipinski definition) is 1. The second kappa shape index (κ2) is 8.85. The first-order chi connectivity index (χ1) is 7.97. The molecule has 0 aromatic rings. The lowest BCUT2D eigenvalue weighted by Crippen LogP contribution is -2.14. The van der Waals surface area contributed by atoms with Crippen LogP contribution < -0.4 is 5.43 Å². The molecular weight excluding hydrogens is 212 g/mol. The van der Waals surface area contributed by atoms with Crippen molar-refractivity contribution >= 4 is 5.71 Å². The van der Waals surface area contributed by atoms with E-state index in [4.69, 9.17) is 4.74 Å². The van der Waals surface area contributed by atoms with Gasteiger partial charge >= 0.3 is 0 Å². The highest BCUT2D eigenvalue weighted by atomic mass is 16.5. The van der Waals surface area contributed by atoms with Crippen LogP contribution >= 0.6 is 0 Å². The first-order valence-electron chi connectivity index (χ1n) is 6.24. The van der Waals surface area contributed by atoms with E-state index in [1.54, 1.807) is 0 Å². The van der Waals surface area contributed by atoms with Crippen LogP contribution in [0.2, 0.25) is 0 Å². The summed E-state index contributed by atoms with van der Waals surface area (Å²) in [5, 5.41) is 4.32. The predicted molar refractivity (Wildman–Crippen MR) is 75.1 cm³/mol. The lowest BCUT2D eigenvalue weighted by molar-refractivity contribution is 0.251. The highest BCUT2D eigenvalue weighted by Crippen LogP contribution is 2.03. The van der Waals surface area contributed by atoms with E-state index >= 15 is 0 Å². The van der Waals surface area contributed by atoms with Crippen molar-refractivity contribution in [1.82, 2.24) is 5.43 Å². The van der Waals surface area contributed by atoms with Gasteiger partial charge in [0.15, 0.2) is 0 Å². The van der Waals surface area contributed by atoms with Crippen molar-refractivity contribution in [2.75, 3.05) is 13.2 Å². The molecule has 0 atom stereocenters. The fourth-order valence-electron chi connectivity index (χ4n) is 1.19. The number of rotatable bonds is 8. The number of allylic oxidation sites excluding steroid dienone is 2. The molecule has 98 valence electrons. The Kier molecular flexibility index (Phi) is 8.20. The average molecular weight is 238 g/mol. The van der Waals surface area contributed by atoms with E-state index < -0.39 is 0 Å². The van der Waals surface area contributed by atoms with E-state index in [2.05, 4.69) is 31.0 Å². The number of nitrogens with one attached hydrogen (secondary N) is 1. The van der Waals surface area contributed by atoms with Crippen LogP contribution in [0.5, 0.6) is 0 Å². The summed E-state index contributed by atoms with van der Waals surface area (Å²) in [6.45, 7) is 15.8. The Balaban J connectivity index is 4.42. The Morgan fingerprint density at radius 1 is 1.41 bits per heavy atom. The van der Waals surface area contributed by atoms with Gasteiger partial charge in [-0.2, -0.15) is 5.10 Å². The summed E-state index contributed by atoms with van der Waals surface area (Å²) >= 11 is 0. The highest BCUT2D eigenvalue weighted by Gasteiger charge is 2.02. The normalized spacial score (nSPS) is 11.3. The number of nitrogens with zero attached hydrogens (tertiary/aromatic N) is 1. The summed E-state index contributed by atoms with van der Waals surface area (Å²) in [4.78, 5) is 0. The third kappa shape index (κ3) is 8.55. The molecule has 0 saturated carbocycles. The monoisotopic (exact) mass is 238 g/mol. The van der Waals surface area contributed by atoms with E-state index in [1.807, 2.05) is 26.8 Å². The van der Waals surface area contributed by atoms with Crippen molar-refractivity contribution in [3.05, 3.63) is 24.0 Å². The maximum absolute atomic E-state index is 5.37. The van der Waals surface area contributed by atoms with Gasteiger partial charge in [0.05, 0.1) is 6.61 Å². The molecule has 17 heavy (non-hydrogen) atoms. The summed E-state index contributed by atoms with van der Waals surface area (Å²) in [5.41, 5.74) is 5.01. The topological polar surface area (TPSA) is 33.6 Å². The molecule has 0 aliphatic rings. The lowest BCUT2D eigenvalue weighted by Gasteiger charge is -2.09. The third-order valence-electron chi connectivity index (χ3n) is 2.06. The van der Waals surface area contributed by atoms with Crippen LogP contribution in [0.25, 0.3) is 0 Å². The van der Waals surface area contributed by atoms with Gasteiger partial charge in [0, 0.05) is 6.54 Å². The molecule has 0 aromatic heterocycles. The molecule has 0 aliphatic heterocycles. The van der Waals surface area contributed by atoms with Crippen molar-refractivity contribution in [3.8, 4) is 0 Å². The van der Waals surface area contributed by atoms with Crippen LogP contribution in [0.15, 0.2) is 29.1 Å². The van der Waals surface area contributed by atoms with Crippen molar-refractivity contribution in [2.24, 2.45) is 11.0 Å². The SMILES string of the molecule is C=C(OCC)/C(C=C(C)C)=N\NCCC(C)C. The zero-order chi connectivity index (χ0) is 13.3. The minimum atomic E-state index is 0.612. The van der Waals surface area contributed by atoms with Crippen LogP contribution in [0.4, 0.5) is 0 Å². The molecule has 0 radical (unpaired) electrons. The molecule has 0 saturated heterocycles. The Morgan fingerprint density at radius 2 is 2.06 bits per heavy atom. The van der Waals surface area contributed by atoms with Gasteiger partial charge in [-0.05, 0) is 39.2 Å². The molecule has 0 aliphatic carbocycles. The number of ether oxygens (including phenoxy) is 1. The smallest absolute Gasteiger partial charge is 0.139 e. The van der Waals surface area contributed by atoms with E-state index in [-0.39, 0.29) is 0 Å². The zero-order valence-corrected chi connectivity index (χ0v) is 11.8. The molecule has 0 heterocycles. The van der Waals surface area contributed by atoms with Gasteiger partial charge in [0.1, 0.15) is 11.5 Å². The van der Waals surface area contributed by atoms with Gasteiger partial charge in [-0.15, -0.1) is 0 Å². The summed E-state index contributed by atoms with van der Waals surface area (Å²) in [7, 11) is 0. The maximum Gasteiger partial charge on any atom is 0.139 e. The van der Waals surface area contributed by atoms with E-state index in [1.165, 1.54) is 5.57 Å². The van der Waals surface area contributed by atoms with Crippen molar-refractivity contribution in [1.29, 1.82) is 0 Å². The van der Waals surface area contributed by atoms with Crippen molar-refractivity contribution in [3.63, 3.8) is 0 Å². The van der Waals surface area contributed by atoms with Gasteiger partial charge < -0.3 is 10.2 Å². The predicted octanol–water partition coefficient (Wildman–Crippen LogP) is 3.49. The van der Waals surface area contributed by atoms with Crippen molar-refractivity contribution < 1.29 is 4.74 Å². The molecule has 0 spiro atoms. The van der Waals surface area contributed by atoms with Crippen LogP contribution in [-0.2, 0) is 4.74 Å². The van der Waals surface area contributed by atoms with E-state index in [0.717, 1.165) is 18.7 Å². The van der Waals surface area contributed by atoms with Gasteiger partial charge in [-0.3, -0.25) is 0 Å². The van der Waals surface area contributed by atoms with E-state index in [0.29, 0.717) is 18.3 Å². The first-order valence-corrected chi connectivity index (χ1v) is 6.24. The Bertz CT molecular complexity index is 287. The van der Waals surface area contributed by atoms with Crippen LogP contribution in [0.1, 0.15) is 41.0 Å². The second-order valence-electron chi connectivity index (χ2n) is 4.67. The van der Waals surface area contributed by atoms with Crippen molar-refractivity contribution in [2.45, 2.75) is 41.0 Å². The Labute approximate surface area is 106 Å². The molecular formula is C14H26N2O. The van der Waals surface area contributed by atoms with Gasteiger partial charge in [0.25, 0.3) is 0 Å². The minimum absolute atomic E-state index is 0.612. The standard InChI is InChI=1S/C14H26N2O/c1-7-17-13(6)14(10-12(4)5)16-15-9-8-11(2)3/h10-11,15H,6-9H2,1-5H3/b16-14-. The molecule has 3 nitrogen and oxygen atoms in total. The maximum atomic E-state index is 5.37. The van der Waals surface area contributed by atoms with Gasteiger partial charge in [-0.1, -0.05) is 26.0 Å². The fraction of sp³-hybridized carbons (Fsp3) is 0.643. The second-order valence-corrected chi connectivity index (χ2v) is 4.67. The summed E-state index contributed by atoms with van der Waals surface area (Å²) in [5.74, 6) is 1.30. The average Bonchev–Trinajstić information content (AvgIpc) is 2.22. The molecule has 0 rings (SSSR count). The Hall–Kier alpha value is -1.25. The molecule has 3 heteroatoms.